The van der Waals surface area contributed by atoms with E-state index in [1.807, 2.05) is 24.3 Å². The van der Waals surface area contributed by atoms with Gasteiger partial charge in [0, 0.05) is 18.4 Å². The molecule has 4 nitrogen and oxygen atoms in total. The van der Waals surface area contributed by atoms with Crippen LogP contribution in [-0.4, -0.2) is 17.0 Å². The van der Waals surface area contributed by atoms with Crippen molar-refractivity contribution in [3.05, 3.63) is 53.6 Å². The van der Waals surface area contributed by atoms with E-state index >= 15 is 0 Å². The average Bonchev–Trinajstić information content (AvgIpc) is 2.46. The number of aromatic carboxylic acids is 1. The van der Waals surface area contributed by atoms with E-state index in [2.05, 4.69) is 0 Å². The van der Waals surface area contributed by atoms with Crippen molar-refractivity contribution in [1.29, 1.82) is 0 Å². The van der Waals surface area contributed by atoms with Crippen molar-refractivity contribution < 1.29 is 19.4 Å². The van der Waals surface area contributed by atoms with Gasteiger partial charge in [0.1, 0.15) is 5.56 Å². The predicted molar refractivity (Wildman–Crippen MR) is 79.7 cm³/mol. The van der Waals surface area contributed by atoms with Gasteiger partial charge in [0.05, 0.1) is 0 Å². The summed E-state index contributed by atoms with van der Waals surface area (Å²) in [6.07, 6.45) is 0. The van der Waals surface area contributed by atoms with E-state index in [4.69, 9.17) is 16.3 Å². The maximum atomic E-state index is 11.3. The minimum absolute atomic E-state index is 0.0371. The summed E-state index contributed by atoms with van der Waals surface area (Å²) in [5, 5.41) is 9.26. The number of halogens is 1. The quantitative estimate of drug-likeness (QED) is 0.531. The number of rotatable bonds is 4. The number of benzene rings is 2. The molecule has 0 unspecified atom stereocenters. The van der Waals surface area contributed by atoms with E-state index in [-0.39, 0.29) is 17.2 Å². The first-order valence-electron chi connectivity index (χ1n) is 6.23. The average molecular weight is 305 g/mol. The monoisotopic (exact) mass is 304 g/mol. The van der Waals surface area contributed by atoms with Crippen molar-refractivity contribution in [1.82, 2.24) is 0 Å². The lowest BCUT2D eigenvalue weighted by Crippen LogP contribution is -2.09. The molecule has 2 rings (SSSR count). The molecule has 0 aliphatic carbocycles. The molecule has 0 aliphatic rings. The molecule has 0 fully saturated rings. The van der Waals surface area contributed by atoms with Gasteiger partial charge >= 0.3 is 11.9 Å². The molecule has 0 heterocycles. The van der Waals surface area contributed by atoms with Crippen LogP contribution in [0.5, 0.6) is 5.75 Å². The van der Waals surface area contributed by atoms with Gasteiger partial charge in [-0.05, 0) is 17.2 Å². The van der Waals surface area contributed by atoms with Crippen LogP contribution in [0.4, 0.5) is 0 Å². The van der Waals surface area contributed by atoms with Crippen LogP contribution in [0.2, 0.25) is 0 Å². The van der Waals surface area contributed by atoms with Crippen molar-refractivity contribution in [2.24, 2.45) is 0 Å². The Morgan fingerprint density at radius 3 is 2.38 bits per heavy atom. The molecule has 108 valence electrons. The maximum Gasteiger partial charge on any atom is 0.339 e. The predicted octanol–water partition coefficient (Wildman–Crippen LogP) is 3.72. The summed E-state index contributed by atoms with van der Waals surface area (Å²) in [7, 11) is 0. The van der Waals surface area contributed by atoms with Crippen LogP contribution in [0.15, 0.2) is 42.5 Å². The standard InChI is InChI=1S/C16H13ClO4/c1-10(18)21-15-13(7-4-8-14(15)16(19)20)12-6-3-2-5-11(12)9-17/h2-8H,9H2,1H3,(H,19,20). The molecule has 0 saturated heterocycles. The summed E-state index contributed by atoms with van der Waals surface area (Å²) >= 11 is 5.92. The van der Waals surface area contributed by atoms with Gasteiger partial charge in [-0.25, -0.2) is 4.79 Å². The first-order chi connectivity index (χ1) is 10.0. The molecule has 2 aromatic rings. The lowest BCUT2D eigenvalue weighted by atomic mass is 9.97. The van der Waals surface area contributed by atoms with Crippen molar-refractivity contribution in [3.8, 4) is 16.9 Å². The first kappa shape index (κ1) is 15.1. The van der Waals surface area contributed by atoms with Gasteiger partial charge in [0.15, 0.2) is 5.75 Å². The molecule has 5 heteroatoms. The smallest absolute Gasteiger partial charge is 0.339 e. The van der Waals surface area contributed by atoms with Crippen LogP contribution in [0.25, 0.3) is 11.1 Å². The van der Waals surface area contributed by atoms with Crippen LogP contribution in [0.1, 0.15) is 22.8 Å². The largest absolute Gasteiger partial charge is 0.478 e. The normalized spacial score (nSPS) is 10.2. The molecular weight excluding hydrogens is 292 g/mol. The Kier molecular flexibility index (Phi) is 4.60. The van der Waals surface area contributed by atoms with Crippen molar-refractivity contribution in [2.75, 3.05) is 0 Å². The van der Waals surface area contributed by atoms with Crippen LogP contribution < -0.4 is 4.74 Å². The summed E-state index contributed by atoms with van der Waals surface area (Å²) in [6.45, 7) is 1.23. The lowest BCUT2D eigenvalue weighted by molar-refractivity contribution is -0.131. The molecular formula is C16H13ClO4. The summed E-state index contributed by atoms with van der Waals surface area (Å²) in [5.41, 5.74) is 2.04. The summed E-state index contributed by atoms with van der Waals surface area (Å²) in [5.74, 6) is -1.42. The number of carboxylic acid groups (broad SMARTS) is 1. The fraction of sp³-hybridized carbons (Fsp3) is 0.125. The fourth-order valence-corrected chi connectivity index (χ4v) is 2.30. The Morgan fingerprint density at radius 1 is 1.10 bits per heavy atom. The highest BCUT2D eigenvalue weighted by Crippen LogP contribution is 2.36. The zero-order chi connectivity index (χ0) is 15.4. The molecule has 0 radical (unpaired) electrons. The van der Waals surface area contributed by atoms with Crippen LogP contribution in [-0.2, 0) is 10.7 Å². The van der Waals surface area contributed by atoms with Gasteiger partial charge in [-0.3, -0.25) is 4.79 Å². The van der Waals surface area contributed by atoms with Crippen LogP contribution in [0.3, 0.4) is 0 Å². The Morgan fingerprint density at radius 2 is 1.76 bits per heavy atom. The number of alkyl halides is 1. The molecule has 0 saturated carbocycles. The van der Waals surface area contributed by atoms with Gasteiger partial charge in [0.2, 0.25) is 0 Å². The highest BCUT2D eigenvalue weighted by atomic mass is 35.5. The van der Waals surface area contributed by atoms with Gasteiger partial charge < -0.3 is 9.84 Å². The third-order valence-electron chi connectivity index (χ3n) is 2.94. The third kappa shape index (κ3) is 3.23. The van der Waals surface area contributed by atoms with E-state index in [0.29, 0.717) is 5.56 Å². The topological polar surface area (TPSA) is 63.6 Å². The molecule has 0 amide bonds. The first-order valence-corrected chi connectivity index (χ1v) is 6.77. The molecule has 21 heavy (non-hydrogen) atoms. The molecule has 2 aromatic carbocycles. The summed E-state index contributed by atoms with van der Waals surface area (Å²) in [4.78, 5) is 22.6. The lowest BCUT2D eigenvalue weighted by Gasteiger charge is -2.14. The molecule has 0 atom stereocenters. The second-order valence-corrected chi connectivity index (χ2v) is 4.64. The van der Waals surface area contributed by atoms with E-state index in [1.54, 1.807) is 12.1 Å². The van der Waals surface area contributed by atoms with E-state index in [1.165, 1.54) is 13.0 Å². The second kappa shape index (κ2) is 6.41. The minimum Gasteiger partial charge on any atom is -0.478 e. The maximum absolute atomic E-state index is 11.3. The number of para-hydroxylation sites is 1. The summed E-state index contributed by atoms with van der Waals surface area (Å²) in [6, 6.07) is 12.0. The zero-order valence-corrected chi connectivity index (χ0v) is 12.1. The highest BCUT2D eigenvalue weighted by molar-refractivity contribution is 6.17. The number of hydrogen-bond donors (Lipinski definition) is 1. The molecule has 0 aliphatic heterocycles. The fourth-order valence-electron chi connectivity index (χ4n) is 2.07. The second-order valence-electron chi connectivity index (χ2n) is 4.37. The Bertz CT molecular complexity index is 694. The van der Waals surface area contributed by atoms with E-state index < -0.39 is 11.9 Å². The zero-order valence-electron chi connectivity index (χ0n) is 11.3. The van der Waals surface area contributed by atoms with Crippen molar-refractivity contribution >= 4 is 23.5 Å². The minimum atomic E-state index is -1.16. The number of hydrogen-bond acceptors (Lipinski definition) is 3. The summed E-state index contributed by atoms with van der Waals surface area (Å²) < 4.78 is 5.13. The van der Waals surface area contributed by atoms with Gasteiger partial charge in [-0.2, -0.15) is 0 Å². The van der Waals surface area contributed by atoms with Crippen molar-refractivity contribution in [2.45, 2.75) is 12.8 Å². The number of carbonyl (C=O) groups is 2. The number of esters is 1. The Hall–Kier alpha value is -2.33. The number of ether oxygens (including phenoxy) is 1. The number of carbonyl (C=O) groups excluding carboxylic acids is 1. The Labute approximate surface area is 126 Å². The van der Waals surface area contributed by atoms with E-state index in [0.717, 1.165) is 11.1 Å². The van der Waals surface area contributed by atoms with Gasteiger partial charge in [-0.1, -0.05) is 36.4 Å². The number of carboxylic acids is 1. The van der Waals surface area contributed by atoms with E-state index in [9.17, 15) is 14.7 Å². The van der Waals surface area contributed by atoms with Gasteiger partial charge in [-0.15, -0.1) is 11.6 Å². The van der Waals surface area contributed by atoms with Gasteiger partial charge in [0.25, 0.3) is 0 Å². The Balaban J connectivity index is 2.70. The highest BCUT2D eigenvalue weighted by Gasteiger charge is 2.19. The molecule has 1 N–H and O–H groups in total. The SMILES string of the molecule is CC(=O)Oc1c(C(=O)O)cccc1-c1ccccc1CCl. The molecule has 0 spiro atoms. The van der Waals surface area contributed by atoms with Crippen molar-refractivity contribution in [3.63, 3.8) is 0 Å². The molecule has 0 bridgehead atoms. The van der Waals surface area contributed by atoms with Crippen LogP contribution >= 0.6 is 11.6 Å². The molecule has 0 aromatic heterocycles. The third-order valence-corrected chi connectivity index (χ3v) is 3.23. The van der Waals surface area contributed by atoms with Crippen LogP contribution in [0, 0.1) is 0 Å².